The van der Waals surface area contributed by atoms with Crippen molar-refractivity contribution in [2.24, 2.45) is 17.7 Å². The molecular formula is C17H28N2O. The van der Waals surface area contributed by atoms with E-state index in [2.05, 4.69) is 37.5 Å². The first-order valence-corrected chi connectivity index (χ1v) is 7.81. The highest BCUT2D eigenvalue weighted by Gasteiger charge is 2.32. The van der Waals surface area contributed by atoms with E-state index in [1.807, 2.05) is 0 Å². The highest BCUT2D eigenvalue weighted by Crippen LogP contribution is 2.42. The number of aryl methyl sites for hydroxylation is 1. The molecule has 3 atom stereocenters. The Bertz CT molecular complexity index is 433. The van der Waals surface area contributed by atoms with E-state index in [0.29, 0.717) is 5.92 Å². The normalized spacial score (nSPS) is 24.4. The zero-order valence-electron chi connectivity index (χ0n) is 13.0. The molecule has 0 aromatic heterocycles. The zero-order chi connectivity index (χ0) is 14.5. The predicted molar refractivity (Wildman–Crippen MR) is 83.5 cm³/mol. The highest BCUT2D eigenvalue weighted by atomic mass is 16.5. The molecule has 3 N–H and O–H groups in total. The van der Waals surface area contributed by atoms with Crippen molar-refractivity contribution in [2.45, 2.75) is 52.0 Å². The van der Waals surface area contributed by atoms with Crippen LogP contribution in [0.1, 0.15) is 56.2 Å². The third kappa shape index (κ3) is 3.15. The number of hydrogen-bond donors (Lipinski definition) is 2. The van der Waals surface area contributed by atoms with E-state index < -0.39 is 0 Å². The van der Waals surface area contributed by atoms with Gasteiger partial charge >= 0.3 is 0 Å². The van der Waals surface area contributed by atoms with E-state index in [1.54, 1.807) is 7.11 Å². The molecule has 0 heterocycles. The number of benzene rings is 1. The van der Waals surface area contributed by atoms with E-state index >= 15 is 0 Å². The first kappa shape index (κ1) is 15.3. The summed E-state index contributed by atoms with van der Waals surface area (Å²) in [7, 11) is 1.74. The number of hydrazine groups is 1. The van der Waals surface area contributed by atoms with Crippen molar-refractivity contribution in [2.75, 3.05) is 7.11 Å². The number of ether oxygens (including phenoxy) is 1. The van der Waals surface area contributed by atoms with Gasteiger partial charge in [-0.05, 0) is 31.2 Å². The second-order valence-corrected chi connectivity index (χ2v) is 6.01. The molecule has 0 spiro atoms. The molecule has 3 unspecified atom stereocenters. The second kappa shape index (κ2) is 7.09. The van der Waals surface area contributed by atoms with Crippen molar-refractivity contribution >= 4 is 0 Å². The molecule has 0 bridgehead atoms. The number of hydrogen-bond acceptors (Lipinski definition) is 3. The van der Waals surface area contributed by atoms with Gasteiger partial charge in [-0.3, -0.25) is 11.3 Å². The first-order chi connectivity index (χ1) is 9.71. The summed E-state index contributed by atoms with van der Waals surface area (Å²) in [5.74, 6) is 8.23. The lowest BCUT2D eigenvalue weighted by atomic mass is 9.72. The molecule has 1 aromatic carbocycles. The van der Waals surface area contributed by atoms with Crippen LogP contribution in [0.2, 0.25) is 0 Å². The summed E-state index contributed by atoms with van der Waals surface area (Å²) in [4.78, 5) is 0. The fourth-order valence-electron chi connectivity index (χ4n) is 3.72. The minimum atomic E-state index is 0.190. The quantitative estimate of drug-likeness (QED) is 0.636. The summed E-state index contributed by atoms with van der Waals surface area (Å²) in [6.45, 7) is 4.42. The molecule has 1 aromatic rings. The lowest BCUT2D eigenvalue weighted by Crippen LogP contribution is -2.38. The minimum absolute atomic E-state index is 0.190. The SMILES string of the molecule is CCC1CCCCC1C(NN)c1cc(C)ccc1OC. The molecule has 1 fully saturated rings. The summed E-state index contributed by atoms with van der Waals surface area (Å²) < 4.78 is 5.55. The Morgan fingerprint density at radius 2 is 2.10 bits per heavy atom. The summed E-state index contributed by atoms with van der Waals surface area (Å²) in [5.41, 5.74) is 5.54. The maximum absolute atomic E-state index is 5.92. The van der Waals surface area contributed by atoms with Crippen molar-refractivity contribution < 1.29 is 4.74 Å². The van der Waals surface area contributed by atoms with Crippen LogP contribution in [0.5, 0.6) is 5.75 Å². The zero-order valence-corrected chi connectivity index (χ0v) is 13.0. The molecule has 1 saturated carbocycles. The molecule has 0 aliphatic heterocycles. The first-order valence-electron chi connectivity index (χ1n) is 7.81. The Labute approximate surface area is 122 Å². The third-order valence-electron chi connectivity index (χ3n) is 4.82. The molecule has 2 rings (SSSR count). The Balaban J connectivity index is 2.33. The van der Waals surface area contributed by atoms with E-state index in [4.69, 9.17) is 10.6 Å². The van der Waals surface area contributed by atoms with Crippen molar-refractivity contribution in [3.8, 4) is 5.75 Å². The van der Waals surface area contributed by atoms with Gasteiger partial charge in [0.05, 0.1) is 13.2 Å². The number of nitrogens with one attached hydrogen (secondary N) is 1. The van der Waals surface area contributed by atoms with E-state index in [-0.39, 0.29) is 6.04 Å². The summed E-state index contributed by atoms with van der Waals surface area (Å²) in [5, 5.41) is 0. The second-order valence-electron chi connectivity index (χ2n) is 6.01. The smallest absolute Gasteiger partial charge is 0.123 e. The topological polar surface area (TPSA) is 47.3 Å². The minimum Gasteiger partial charge on any atom is -0.496 e. The summed E-state index contributed by atoms with van der Waals surface area (Å²) >= 11 is 0. The van der Waals surface area contributed by atoms with Gasteiger partial charge in [0.1, 0.15) is 5.75 Å². The van der Waals surface area contributed by atoms with Gasteiger partial charge in [0.25, 0.3) is 0 Å². The maximum atomic E-state index is 5.92. The van der Waals surface area contributed by atoms with Gasteiger partial charge in [-0.2, -0.15) is 0 Å². The van der Waals surface area contributed by atoms with Crippen LogP contribution in [-0.2, 0) is 0 Å². The fourth-order valence-corrected chi connectivity index (χ4v) is 3.72. The lowest BCUT2D eigenvalue weighted by Gasteiger charge is -2.37. The van der Waals surface area contributed by atoms with Gasteiger partial charge in [0.15, 0.2) is 0 Å². The summed E-state index contributed by atoms with van der Waals surface area (Å²) in [6, 6.07) is 6.55. The van der Waals surface area contributed by atoms with Gasteiger partial charge < -0.3 is 4.74 Å². The van der Waals surface area contributed by atoms with Crippen LogP contribution in [-0.4, -0.2) is 7.11 Å². The Morgan fingerprint density at radius 3 is 2.75 bits per heavy atom. The number of rotatable bonds is 5. The highest BCUT2D eigenvalue weighted by molar-refractivity contribution is 5.39. The number of nitrogens with two attached hydrogens (primary N) is 1. The molecule has 112 valence electrons. The molecule has 1 aliphatic rings. The molecule has 3 nitrogen and oxygen atoms in total. The molecule has 3 heteroatoms. The number of methoxy groups -OCH3 is 1. The van der Waals surface area contributed by atoms with E-state index in [9.17, 15) is 0 Å². The van der Waals surface area contributed by atoms with Crippen molar-refractivity contribution in [3.63, 3.8) is 0 Å². The van der Waals surface area contributed by atoms with Crippen molar-refractivity contribution in [3.05, 3.63) is 29.3 Å². The van der Waals surface area contributed by atoms with E-state index in [0.717, 1.165) is 11.7 Å². The van der Waals surface area contributed by atoms with Crippen molar-refractivity contribution in [1.29, 1.82) is 0 Å². The fraction of sp³-hybridized carbons (Fsp3) is 0.647. The van der Waals surface area contributed by atoms with Gasteiger partial charge in [-0.15, -0.1) is 0 Å². The largest absolute Gasteiger partial charge is 0.496 e. The van der Waals surface area contributed by atoms with Crippen molar-refractivity contribution in [1.82, 2.24) is 5.43 Å². The van der Waals surface area contributed by atoms with Gasteiger partial charge in [0, 0.05) is 5.56 Å². The Kier molecular flexibility index (Phi) is 5.44. The third-order valence-corrected chi connectivity index (χ3v) is 4.82. The Hall–Kier alpha value is -1.06. The predicted octanol–water partition coefficient (Wildman–Crippen LogP) is 3.72. The van der Waals surface area contributed by atoms with E-state index in [1.165, 1.54) is 43.2 Å². The van der Waals surface area contributed by atoms with Gasteiger partial charge in [-0.1, -0.05) is 50.3 Å². The molecule has 1 aliphatic carbocycles. The molecule has 0 saturated heterocycles. The van der Waals surface area contributed by atoms with Crippen LogP contribution >= 0.6 is 0 Å². The average Bonchev–Trinajstić information content (AvgIpc) is 2.49. The van der Waals surface area contributed by atoms with Crippen LogP contribution in [0.3, 0.4) is 0 Å². The molecule has 0 amide bonds. The molecule has 20 heavy (non-hydrogen) atoms. The monoisotopic (exact) mass is 276 g/mol. The maximum Gasteiger partial charge on any atom is 0.123 e. The van der Waals surface area contributed by atoms with Crippen LogP contribution in [0.25, 0.3) is 0 Å². The van der Waals surface area contributed by atoms with Crippen LogP contribution in [0.4, 0.5) is 0 Å². The average molecular weight is 276 g/mol. The van der Waals surface area contributed by atoms with Gasteiger partial charge in [0.2, 0.25) is 0 Å². The van der Waals surface area contributed by atoms with Crippen LogP contribution in [0.15, 0.2) is 18.2 Å². The lowest BCUT2D eigenvalue weighted by molar-refractivity contribution is 0.174. The molecule has 0 radical (unpaired) electrons. The standard InChI is InChI=1S/C17H28N2O/c1-4-13-7-5-6-8-14(13)17(19-18)15-11-12(2)9-10-16(15)20-3/h9-11,13-14,17,19H,4-8,18H2,1-3H3. The van der Waals surface area contributed by atoms with Crippen LogP contribution in [0, 0.1) is 18.8 Å². The summed E-state index contributed by atoms with van der Waals surface area (Å²) in [6.07, 6.45) is 6.49. The van der Waals surface area contributed by atoms with Crippen LogP contribution < -0.4 is 16.0 Å². The van der Waals surface area contributed by atoms with Gasteiger partial charge in [-0.25, -0.2) is 0 Å². The molecular weight excluding hydrogens is 248 g/mol. The Morgan fingerprint density at radius 1 is 1.35 bits per heavy atom.